The van der Waals surface area contributed by atoms with Gasteiger partial charge in [-0.2, -0.15) is 0 Å². The molecule has 5 nitrogen and oxygen atoms in total. The molecular formula is C7H13ClN2O3S. The molecule has 2 atom stereocenters. The maximum absolute atomic E-state index is 11.1. The van der Waals surface area contributed by atoms with Gasteiger partial charge in [-0.25, -0.2) is 13.2 Å². The smallest absolute Gasteiger partial charge is 0.315 e. The molecule has 1 saturated heterocycles. The van der Waals surface area contributed by atoms with Crippen LogP contribution in [0, 0.1) is 0 Å². The van der Waals surface area contributed by atoms with E-state index in [1.165, 1.54) is 0 Å². The minimum absolute atomic E-state index is 0.0639. The van der Waals surface area contributed by atoms with Gasteiger partial charge in [0, 0.05) is 6.54 Å². The van der Waals surface area contributed by atoms with Crippen LogP contribution in [0.5, 0.6) is 0 Å². The van der Waals surface area contributed by atoms with E-state index in [-0.39, 0.29) is 17.5 Å². The van der Waals surface area contributed by atoms with Crippen molar-refractivity contribution in [3.63, 3.8) is 0 Å². The number of urea groups is 1. The summed E-state index contributed by atoms with van der Waals surface area (Å²) in [6.45, 7) is 2.28. The van der Waals surface area contributed by atoms with Crippen LogP contribution in [-0.4, -0.2) is 43.9 Å². The molecule has 1 heterocycles. The van der Waals surface area contributed by atoms with Crippen molar-refractivity contribution in [2.24, 2.45) is 0 Å². The van der Waals surface area contributed by atoms with Gasteiger partial charge in [0.1, 0.15) is 0 Å². The Bertz CT molecular complexity index is 317. The molecule has 0 radical (unpaired) electrons. The van der Waals surface area contributed by atoms with Crippen LogP contribution in [0.1, 0.15) is 6.92 Å². The van der Waals surface area contributed by atoms with Crippen molar-refractivity contribution in [3.05, 3.63) is 0 Å². The SMILES string of the molecule is CCNC(=O)NC1CS(=O)(=O)CC1Cl. The number of carbonyl (C=O) groups excluding carboxylic acids is 1. The summed E-state index contributed by atoms with van der Waals surface area (Å²) in [6.07, 6.45) is 0. The number of hydrogen-bond donors (Lipinski definition) is 2. The molecule has 0 aromatic rings. The molecule has 0 aromatic carbocycles. The van der Waals surface area contributed by atoms with E-state index in [4.69, 9.17) is 11.6 Å². The van der Waals surface area contributed by atoms with E-state index in [9.17, 15) is 13.2 Å². The van der Waals surface area contributed by atoms with Crippen LogP contribution in [-0.2, 0) is 9.84 Å². The fourth-order valence-electron chi connectivity index (χ4n) is 1.32. The monoisotopic (exact) mass is 240 g/mol. The van der Waals surface area contributed by atoms with E-state index in [1.807, 2.05) is 0 Å². The maximum Gasteiger partial charge on any atom is 0.315 e. The van der Waals surface area contributed by atoms with Crippen molar-refractivity contribution in [1.82, 2.24) is 10.6 Å². The number of alkyl halides is 1. The molecule has 14 heavy (non-hydrogen) atoms. The molecule has 0 aliphatic carbocycles. The van der Waals surface area contributed by atoms with Gasteiger partial charge in [0.05, 0.1) is 22.9 Å². The van der Waals surface area contributed by atoms with Gasteiger partial charge in [0.25, 0.3) is 0 Å². The molecule has 0 bridgehead atoms. The lowest BCUT2D eigenvalue weighted by atomic mass is 10.2. The van der Waals surface area contributed by atoms with E-state index in [2.05, 4.69) is 10.6 Å². The fourth-order valence-corrected chi connectivity index (χ4v) is 3.87. The normalized spacial score (nSPS) is 29.9. The first-order valence-electron chi connectivity index (χ1n) is 4.33. The molecule has 2 unspecified atom stereocenters. The van der Waals surface area contributed by atoms with Gasteiger partial charge in [-0.3, -0.25) is 0 Å². The Balaban J connectivity index is 2.51. The minimum Gasteiger partial charge on any atom is -0.338 e. The van der Waals surface area contributed by atoms with Gasteiger partial charge in [-0.15, -0.1) is 11.6 Å². The molecule has 2 N–H and O–H groups in total. The molecule has 0 aromatic heterocycles. The standard InChI is InChI=1S/C7H13ClN2O3S/c1-2-9-7(11)10-6-4-14(12,13)3-5(6)8/h5-6H,2-4H2,1H3,(H2,9,10,11). The summed E-state index contributed by atoms with van der Waals surface area (Å²) in [5.41, 5.74) is 0. The van der Waals surface area contributed by atoms with Crippen LogP contribution < -0.4 is 10.6 Å². The number of amides is 2. The van der Waals surface area contributed by atoms with E-state index in [1.54, 1.807) is 6.92 Å². The predicted molar refractivity (Wildman–Crippen MR) is 54.3 cm³/mol. The van der Waals surface area contributed by atoms with Gasteiger partial charge in [-0.1, -0.05) is 0 Å². The summed E-state index contributed by atoms with van der Waals surface area (Å²) in [4.78, 5) is 11.1. The van der Waals surface area contributed by atoms with Gasteiger partial charge in [0.15, 0.2) is 9.84 Å². The molecule has 1 fully saturated rings. The minimum atomic E-state index is -3.08. The fraction of sp³-hybridized carbons (Fsp3) is 0.857. The molecule has 82 valence electrons. The Morgan fingerprint density at radius 2 is 2.14 bits per heavy atom. The van der Waals surface area contributed by atoms with Gasteiger partial charge in [-0.05, 0) is 6.92 Å². The lowest BCUT2D eigenvalue weighted by Gasteiger charge is -2.14. The highest BCUT2D eigenvalue weighted by atomic mass is 35.5. The van der Waals surface area contributed by atoms with Crippen molar-refractivity contribution in [3.8, 4) is 0 Å². The number of rotatable bonds is 2. The van der Waals surface area contributed by atoms with Crippen molar-refractivity contribution in [2.75, 3.05) is 18.1 Å². The third-order valence-corrected chi connectivity index (χ3v) is 4.31. The molecule has 7 heteroatoms. The molecule has 1 rings (SSSR count). The highest BCUT2D eigenvalue weighted by molar-refractivity contribution is 7.91. The van der Waals surface area contributed by atoms with Gasteiger partial charge < -0.3 is 10.6 Å². The highest BCUT2D eigenvalue weighted by Crippen LogP contribution is 2.17. The quantitative estimate of drug-likeness (QED) is 0.652. The predicted octanol–water partition coefficient (Wildman–Crippen LogP) is -0.290. The lowest BCUT2D eigenvalue weighted by molar-refractivity contribution is 0.238. The zero-order chi connectivity index (χ0) is 10.8. The molecule has 1 aliphatic heterocycles. The summed E-state index contributed by atoms with van der Waals surface area (Å²) in [6, 6.07) is -0.853. The largest absolute Gasteiger partial charge is 0.338 e. The molecular weight excluding hydrogens is 228 g/mol. The lowest BCUT2D eigenvalue weighted by Crippen LogP contribution is -2.45. The zero-order valence-electron chi connectivity index (χ0n) is 7.79. The third-order valence-electron chi connectivity index (χ3n) is 1.94. The van der Waals surface area contributed by atoms with Crippen molar-refractivity contribution < 1.29 is 13.2 Å². The number of nitrogens with one attached hydrogen (secondary N) is 2. The first kappa shape index (κ1) is 11.6. The second-order valence-electron chi connectivity index (χ2n) is 3.20. The average Bonchev–Trinajstić information content (AvgIpc) is 2.25. The summed E-state index contributed by atoms with van der Waals surface area (Å²) < 4.78 is 22.3. The molecule has 2 amide bonds. The molecule has 0 saturated carbocycles. The average molecular weight is 241 g/mol. The van der Waals surface area contributed by atoms with Crippen LogP contribution in [0.25, 0.3) is 0 Å². The van der Waals surface area contributed by atoms with E-state index >= 15 is 0 Å². The number of sulfone groups is 1. The summed E-state index contributed by atoms with van der Waals surface area (Å²) in [5, 5.41) is 4.52. The van der Waals surface area contributed by atoms with Crippen LogP contribution in [0.4, 0.5) is 4.79 Å². The second kappa shape index (κ2) is 4.35. The molecule has 1 aliphatic rings. The van der Waals surface area contributed by atoms with Crippen molar-refractivity contribution in [2.45, 2.75) is 18.3 Å². The Morgan fingerprint density at radius 3 is 2.57 bits per heavy atom. The number of hydrogen-bond acceptors (Lipinski definition) is 3. The Kier molecular flexibility index (Phi) is 3.60. The summed E-state index contributed by atoms with van der Waals surface area (Å²) >= 11 is 5.79. The van der Waals surface area contributed by atoms with Crippen LogP contribution >= 0.6 is 11.6 Å². The van der Waals surface area contributed by atoms with Gasteiger partial charge in [0.2, 0.25) is 0 Å². The zero-order valence-corrected chi connectivity index (χ0v) is 9.36. The Morgan fingerprint density at radius 1 is 1.50 bits per heavy atom. The van der Waals surface area contributed by atoms with E-state index in [0.29, 0.717) is 6.54 Å². The van der Waals surface area contributed by atoms with Crippen molar-refractivity contribution in [1.29, 1.82) is 0 Å². The van der Waals surface area contributed by atoms with Crippen LogP contribution in [0.3, 0.4) is 0 Å². The summed E-state index contributed by atoms with van der Waals surface area (Å²) in [7, 11) is -3.08. The first-order chi connectivity index (χ1) is 6.44. The Labute approximate surface area is 88.1 Å². The van der Waals surface area contributed by atoms with E-state index < -0.39 is 21.3 Å². The third kappa shape index (κ3) is 3.02. The maximum atomic E-state index is 11.1. The van der Waals surface area contributed by atoms with Crippen LogP contribution in [0.15, 0.2) is 0 Å². The summed E-state index contributed by atoms with van der Waals surface area (Å²) in [5.74, 6) is -0.135. The highest BCUT2D eigenvalue weighted by Gasteiger charge is 2.37. The van der Waals surface area contributed by atoms with Crippen LogP contribution in [0.2, 0.25) is 0 Å². The Hall–Kier alpha value is -0.490. The van der Waals surface area contributed by atoms with Crippen molar-refractivity contribution >= 4 is 27.5 Å². The first-order valence-corrected chi connectivity index (χ1v) is 6.59. The van der Waals surface area contributed by atoms with Gasteiger partial charge >= 0.3 is 6.03 Å². The van der Waals surface area contributed by atoms with E-state index in [0.717, 1.165) is 0 Å². The molecule has 0 spiro atoms. The number of halogens is 1. The second-order valence-corrected chi connectivity index (χ2v) is 5.92. The topological polar surface area (TPSA) is 75.3 Å². The number of carbonyl (C=O) groups is 1.